The normalized spacial score (nSPS) is 31.1. The molecule has 25 heavy (non-hydrogen) atoms. The summed E-state index contributed by atoms with van der Waals surface area (Å²) in [4.78, 5) is 2.69. The van der Waals surface area contributed by atoms with Gasteiger partial charge in [0.2, 0.25) is 0 Å². The van der Waals surface area contributed by atoms with E-state index in [0.717, 1.165) is 28.5 Å². The van der Waals surface area contributed by atoms with E-state index in [0.29, 0.717) is 6.04 Å². The topological polar surface area (TPSA) is 24.5 Å². The molecule has 2 heterocycles. The van der Waals surface area contributed by atoms with Crippen molar-refractivity contribution in [2.45, 2.75) is 18.6 Å². The maximum atomic E-state index is 6.58. The molecule has 3 aliphatic rings. The fourth-order valence-electron chi connectivity index (χ4n) is 4.84. The van der Waals surface area contributed by atoms with Gasteiger partial charge < -0.3 is 10.1 Å². The molecule has 130 valence electrons. The van der Waals surface area contributed by atoms with Crippen LogP contribution in [-0.4, -0.2) is 37.1 Å². The van der Waals surface area contributed by atoms with Crippen molar-refractivity contribution in [2.75, 3.05) is 26.2 Å². The highest BCUT2D eigenvalue weighted by molar-refractivity contribution is 9.10. The van der Waals surface area contributed by atoms with Crippen LogP contribution in [0.25, 0.3) is 0 Å². The second-order valence-electron chi connectivity index (χ2n) is 7.57. The Balaban J connectivity index is 1.45. The number of rotatable bonds is 3. The van der Waals surface area contributed by atoms with Gasteiger partial charge in [0, 0.05) is 13.1 Å². The smallest absolute Gasteiger partial charge is 0.140 e. The molecule has 2 aliphatic heterocycles. The van der Waals surface area contributed by atoms with Crippen molar-refractivity contribution >= 4 is 15.9 Å². The van der Waals surface area contributed by atoms with Crippen LogP contribution in [0.1, 0.15) is 17.2 Å². The summed E-state index contributed by atoms with van der Waals surface area (Å²) in [6.45, 7) is 4.76. The fourth-order valence-corrected chi connectivity index (χ4v) is 5.22. The number of hydrogen-bond acceptors (Lipinski definition) is 3. The van der Waals surface area contributed by atoms with E-state index in [-0.39, 0.29) is 6.10 Å². The Labute approximate surface area is 157 Å². The minimum atomic E-state index is 0.113. The molecule has 0 amide bonds. The molecule has 0 bridgehead atoms. The van der Waals surface area contributed by atoms with Gasteiger partial charge in [0.15, 0.2) is 0 Å². The Morgan fingerprint density at radius 1 is 0.960 bits per heavy atom. The van der Waals surface area contributed by atoms with Crippen molar-refractivity contribution in [1.82, 2.24) is 10.2 Å². The first-order chi connectivity index (χ1) is 12.3. The van der Waals surface area contributed by atoms with Crippen LogP contribution >= 0.6 is 15.9 Å². The van der Waals surface area contributed by atoms with Gasteiger partial charge in [-0.1, -0.05) is 36.4 Å². The Kier molecular flexibility index (Phi) is 4.07. The maximum absolute atomic E-state index is 6.58. The highest BCUT2D eigenvalue weighted by Crippen LogP contribution is 2.42. The van der Waals surface area contributed by atoms with Crippen LogP contribution in [0.2, 0.25) is 0 Å². The van der Waals surface area contributed by atoms with Gasteiger partial charge in [0.1, 0.15) is 11.9 Å². The van der Waals surface area contributed by atoms with E-state index in [1.807, 2.05) is 12.1 Å². The quantitative estimate of drug-likeness (QED) is 0.853. The second-order valence-corrected chi connectivity index (χ2v) is 8.43. The average Bonchev–Trinajstić information content (AvgIpc) is 3.30. The van der Waals surface area contributed by atoms with Crippen LogP contribution in [0.5, 0.6) is 5.75 Å². The minimum absolute atomic E-state index is 0.113. The summed E-state index contributed by atoms with van der Waals surface area (Å²) in [7, 11) is 0. The second kappa shape index (κ2) is 6.42. The molecule has 0 radical (unpaired) electrons. The van der Waals surface area contributed by atoms with Gasteiger partial charge in [-0.25, -0.2) is 0 Å². The van der Waals surface area contributed by atoms with Gasteiger partial charge in [0.25, 0.3) is 0 Å². The Bertz CT molecular complexity index is 768. The number of benzene rings is 2. The summed E-state index contributed by atoms with van der Waals surface area (Å²) >= 11 is 3.64. The monoisotopic (exact) mass is 398 g/mol. The van der Waals surface area contributed by atoms with Gasteiger partial charge in [0.05, 0.1) is 10.5 Å². The molecular formula is C21H23BrN2O. The van der Waals surface area contributed by atoms with Gasteiger partial charge in [-0.2, -0.15) is 0 Å². The third kappa shape index (κ3) is 2.80. The molecule has 2 aromatic carbocycles. The standard InChI is InChI=1S/C21H23BrN2O/c22-18-7-3-4-8-20(18)25-21-17-6-2-1-5-14(17)9-19(21)24-12-15-10-23-11-16(15)13-24/h1-8,15-16,19,21,23H,9-13H2/t15-,16+,19-,21-/m1/s1. The molecule has 0 aromatic heterocycles. The van der Waals surface area contributed by atoms with Crippen LogP contribution in [0, 0.1) is 11.8 Å². The lowest BCUT2D eigenvalue weighted by Crippen LogP contribution is -2.40. The van der Waals surface area contributed by atoms with E-state index in [9.17, 15) is 0 Å². The zero-order valence-electron chi connectivity index (χ0n) is 14.2. The molecular weight excluding hydrogens is 376 g/mol. The summed E-state index contributed by atoms with van der Waals surface area (Å²) < 4.78 is 7.60. The summed E-state index contributed by atoms with van der Waals surface area (Å²) in [5, 5.41) is 3.55. The molecule has 2 fully saturated rings. The average molecular weight is 399 g/mol. The van der Waals surface area contributed by atoms with E-state index < -0.39 is 0 Å². The Morgan fingerprint density at radius 2 is 1.68 bits per heavy atom. The van der Waals surface area contributed by atoms with Crippen molar-refractivity contribution < 1.29 is 4.74 Å². The Morgan fingerprint density at radius 3 is 2.48 bits per heavy atom. The molecule has 0 saturated carbocycles. The molecule has 4 heteroatoms. The van der Waals surface area contributed by atoms with Crippen molar-refractivity contribution in [3.63, 3.8) is 0 Å². The van der Waals surface area contributed by atoms with Gasteiger partial charge in [-0.15, -0.1) is 0 Å². The maximum Gasteiger partial charge on any atom is 0.140 e. The molecule has 2 saturated heterocycles. The van der Waals surface area contributed by atoms with Gasteiger partial charge >= 0.3 is 0 Å². The third-order valence-corrected chi connectivity index (χ3v) is 6.77. The molecule has 1 aliphatic carbocycles. The number of hydrogen-bond donors (Lipinski definition) is 1. The first-order valence-corrected chi connectivity index (χ1v) is 10.0. The number of halogens is 1. The number of nitrogens with one attached hydrogen (secondary N) is 1. The Hall–Kier alpha value is -1.36. The van der Waals surface area contributed by atoms with Gasteiger partial charge in [-0.05, 0) is 70.5 Å². The number of ether oxygens (including phenoxy) is 1. The van der Waals surface area contributed by atoms with Crippen molar-refractivity contribution in [3.05, 3.63) is 64.1 Å². The lowest BCUT2D eigenvalue weighted by atomic mass is 10.0. The lowest BCUT2D eigenvalue weighted by Gasteiger charge is -2.31. The van der Waals surface area contributed by atoms with Crippen molar-refractivity contribution in [3.8, 4) is 5.75 Å². The van der Waals surface area contributed by atoms with Gasteiger partial charge in [-0.3, -0.25) is 4.90 Å². The summed E-state index contributed by atoms with van der Waals surface area (Å²) in [5.74, 6) is 2.57. The van der Waals surface area contributed by atoms with Crippen molar-refractivity contribution in [2.24, 2.45) is 11.8 Å². The number of fused-ring (bicyclic) bond motifs is 2. The van der Waals surface area contributed by atoms with Crippen LogP contribution in [0.15, 0.2) is 53.0 Å². The fraction of sp³-hybridized carbons (Fsp3) is 0.429. The van der Waals surface area contributed by atoms with Crippen molar-refractivity contribution in [1.29, 1.82) is 0 Å². The van der Waals surface area contributed by atoms with E-state index in [2.05, 4.69) is 62.5 Å². The summed E-state index contributed by atoms with van der Waals surface area (Å²) in [6.07, 6.45) is 1.21. The molecule has 0 spiro atoms. The molecule has 0 unspecified atom stereocenters. The largest absolute Gasteiger partial charge is 0.483 e. The first-order valence-electron chi connectivity index (χ1n) is 9.23. The van der Waals surface area contributed by atoms with Crippen LogP contribution in [-0.2, 0) is 6.42 Å². The molecule has 1 N–H and O–H groups in total. The summed E-state index contributed by atoms with van der Waals surface area (Å²) in [5.41, 5.74) is 2.80. The number of likely N-dealkylation sites (tertiary alicyclic amines) is 1. The van der Waals surface area contributed by atoms with E-state index in [1.54, 1.807) is 0 Å². The molecule has 5 rings (SSSR count). The van der Waals surface area contributed by atoms with E-state index in [4.69, 9.17) is 4.74 Å². The zero-order valence-corrected chi connectivity index (χ0v) is 15.8. The zero-order chi connectivity index (χ0) is 16.8. The summed E-state index contributed by atoms with van der Waals surface area (Å²) in [6, 6.07) is 17.4. The third-order valence-electron chi connectivity index (χ3n) is 6.12. The molecule has 3 nitrogen and oxygen atoms in total. The van der Waals surface area contributed by atoms with E-state index >= 15 is 0 Å². The predicted molar refractivity (Wildman–Crippen MR) is 103 cm³/mol. The highest BCUT2D eigenvalue weighted by atomic mass is 79.9. The van der Waals surface area contributed by atoms with Crippen LogP contribution in [0.3, 0.4) is 0 Å². The van der Waals surface area contributed by atoms with E-state index in [1.165, 1.54) is 37.3 Å². The number of para-hydroxylation sites is 1. The number of nitrogens with zero attached hydrogens (tertiary/aromatic N) is 1. The molecule has 2 aromatic rings. The lowest BCUT2D eigenvalue weighted by molar-refractivity contribution is 0.0884. The predicted octanol–water partition coefficient (Wildman–Crippen LogP) is 3.65. The first kappa shape index (κ1) is 15.9. The van der Waals surface area contributed by atoms with Crippen LogP contribution < -0.4 is 10.1 Å². The molecule has 4 atom stereocenters. The van der Waals surface area contributed by atoms with Crippen LogP contribution in [0.4, 0.5) is 0 Å². The SMILES string of the molecule is Brc1ccccc1O[C@@H]1c2ccccc2C[C@H]1N1C[C@H]2CNC[C@H]2C1. The minimum Gasteiger partial charge on any atom is -0.483 e. The highest BCUT2D eigenvalue weighted by Gasteiger charge is 2.44.